The van der Waals surface area contributed by atoms with Crippen LogP contribution < -0.4 is 15.2 Å². The Kier molecular flexibility index (Phi) is 19.0. The molecule has 1 aromatic carbocycles. The lowest BCUT2D eigenvalue weighted by Gasteiger charge is -2.38. The van der Waals surface area contributed by atoms with Gasteiger partial charge in [-0.2, -0.15) is 0 Å². The van der Waals surface area contributed by atoms with Gasteiger partial charge in [0.15, 0.2) is 11.5 Å². The quantitative estimate of drug-likeness (QED) is 0.0657. The number of methoxy groups -OCH3 is 2. The number of rotatable bonds is 22. The second-order valence-electron chi connectivity index (χ2n) is 18.0. The van der Waals surface area contributed by atoms with Crippen molar-refractivity contribution in [1.29, 1.82) is 0 Å². The minimum absolute atomic E-state index is 0.0449. The summed E-state index contributed by atoms with van der Waals surface area (Å²) in [5, 5.41) is 0. The standard InChI is InChI=1S/C43H72N4O11/c1-29(2)33(21-32-13-14-36(53-11)38(22-32)54-20-12-19-52-10)23-35-37(24-34(30(3)4)39(48)47(8,9)26-43(5,6)40(44)49)56-27-46(35)41(50)57-28-58-42(51)55-25-31-15-17-45(7)18-16-31/h13-14,22,29-31,33-35,37H,12,15-21,23-28H2,1-11H3,(H-,44,49)/p+1. The smallest absolute Gasteiger partial charge is 0.493 e. The molecule has 15 heteroatoms. The molecule has 15 nitrogen and oxygen atoms in total. The molecule has 3 rings (SSSR count). The molecule has 4 unspecified atom stereocenters. The lowest BCUT2D eigenvalue weighted by molar-refractivity contribution is -0.821. The molecule has 0 aliphatic carbocycles. The van der Waals surface area contributed by atoms with E-state index in [1.807, 2.05) is 32.0 Å². The Hall–Kier alpha value is -3.66. The molecule has 330 valence electrons. The van der Waals surface area contributed by atoms with Crippen molar-refractivity contribution in [1.82, 2.24) is 9.80 Å². The van der Waals surface area contributed by atoms with E-state index in [0.29, 0.717) is 44.0 Å². The lowest BCUT2D eigenvalue weighted by atomic mass is 9.80. The van der Waals surface area contributed by atoms with Crippen molar-refractivity contribution in [3.8, 4) is 11.5 Å². The minimum Gasteiger partial charge on any atom is -0.493 e. The van der Waals surface area contributed by atoms with E-state index in [-0.39, 0.29) is 53.9 Å². The molecule has 2 heterocycles. The number of carbonyl (C=O) groups is 4. The van der Waals surface area contributed by atoms with E-state index in [1.54, 1.807) is 42.2 Å². The fraction of sp³-hybridized carbons (Fsp3) is 0.767. The van der Waals surface area contributed by atoms with E-state index in [2.05, 4.69) is 25.8 Å². The van der Waals surface area contributed by atoms with Gasteiger partial charge in [-0.1, -0.05) is 33.8 Å². The van der Waals surface area contributed by atoms with Crippen LogP contribution >= 0.6 is 0 Å². The first-order valence-corrected chi connectivity index (χ1v) is 20.8. The van der Waals surface area contributed by atoms with Crippen molar-refractivity contribution >= 4 is 24.1 Å². The van der Waals surface area contributed by atoms with Crippen LogP contribution in [-0.2, 0) is 39.7 Å². The summed E-state index contributed by atoms with van der Waals surface area (Å²) in [5.41, 5.74) is 5.85. The molecule has 0 spiro atoms. The first-order chi connectivity index (χ1) is 27.3. The highest BCUT2D eigenvalue weighted by atomic mass is 16.8. The molecule has 58 heavy (non-hydrogen) atoms. The number of nitrogens with two attached hydrogens (primary N) is 1. The van der Waals surface area contributed by atoms with E-state index >= 15 is 0 Å². The van der Waals surface area contributed by atoms with Gasteiger partial charge in [0.25, 0.3) is 0 Å². The van der Waals surface area contributed by atoms with Gasteiger partial charge in [0.05, 0.1) is 64.4 Å². The Morgan fingerprint density at radius 3 is 2.24 bits per heavy atom. The highest BCUT2D eigenvalue weighted by Crippen LogP contribution is 2.37. The third kappa shape index (κ3) is 14.6. The maximum atomic E-state index is 14.3. The Morgan fingerprint density at radius 2 is 1.64 bits per heavy atom. The van der Waals surface area contributed by atoms with Crippen molar-refractivity contribution in [3.63, 3.8) is 0 Å². The highest BCUT2D eigenvalue weighted by molar-refractivity contribution is 5.80. The zero-order chi connectivity index (χ0) is 43.2. The van der Waals surface area contributed by atoms with E-state index in [0.717, 1.165) is 37.9 Å². The molecule has 2 N–H and O–H groups in total. The van der Waals surface area contributed by atoms with Crippen LogP contribution in [-0.4, -0.2) is 139 Å². The molecule has 2 aliphatic rings. The molecule has 2 aliphatic heterocycles. The summed E-state index contributed by atoms with van der Waals surface area (Å²) in [6.07, 6.45) is 2.06. The van der Waals surface area contributed by atoms with Gasteiger partial charge in [0.2, 0.25) is 12.7 Å². The average Bonchev–Trinajstić information content (AvgIpc) is 3.56. The molecule has 2 fully saturated rings. The van der Waals surface area contributed by atoms with Crippen LogP contribution in [0.5, 0.6) is 11.5 Å². The van der Waals surface area contributed by atoms with Gasteiger partial charge in [0.1, 0.15) is 6.73 Å². The van der Waals surface area contributed by atoms with Crippen LogP contribution in [0, 0.1) is 35.0 Å². The predicted octanol–water partition coefficient (Wildman–Crippen LogP) is 5.71. The summed E-state index contributed by atoms with van der Waals surface area (Å²) < 4.78 is 39.1. The third-order valence-corrected chi connectivity index (χ3v) is 11.8. The maximum Gasteiger partial charge on any atom is 0.511 e. The predicted molar refractivity (Wildman–Crippen MR) is 219 cm³/mol. The van der Waals surface area contributed by atoms with Crippen LogP contribution in [0.3, 0.4) is 0 Å². The largest absolute Gasteiger partial charge is 0.511 e. The second kappa shape index (κ2) is 22.6. The number of benzene rings is 1. The second-order valence-corrected chi connectivity index (χ2v) is 18.0. The summed E-state index contributed by atoms with van der Waals surface area (Å²) >= 11 is 0. The number of ether oxygens (including phenoxy) is 7. The molecule has 3 amide bonds. The number of piperidine rings is 1. The molecular formula is C43H73N4O11+. The minimum atomic E-state index is -0.907. The van der Waals surface area contributed by atoms with E-state index in [4.69, 9.17) is 38.9 Å². The molecule has 1 aromatic rings. The summed E-state index contributed by atoms with van der Waals surface area (Å²) in [7, 11) is 8.94. The van der Waals surface area contributed by atoms with Gasteiger partial charge in [-0.25, -0.2) is 14.4 Å². The Morgan fingerprint density at radius 1 is 0.948 bits per heavy atom. The summed E-state index contributed by atoms with van der Waals surface area (Å²) in [5.74, 6) is 0.773. The van der Waals surface area contributed by atoms with Crippen LogP contribution in [0.2, 0.25) is 0 Å². The molecular weight excluding hydrogens is 748 g/mol. The number of amides is 3. The number of hydrogen-bond donors (Lipinski definition) is 1. The monoisotopic (exact) mass is 822 g/mol. The SMILES string of the molecule is COCCCOc1cc(CC(CC2C(CC(C(=O)[N+](C)(C)CC(C)(C)C(N)=O)C(C)C)OCN2C(=O)OCOC(=O)OCC2CCN(C)CC2)C(C)C)ccc1OC. The highest BCUT2D eigenvalue weighted by Gasteiger charge is 2.47. The first kappa shape index (κ1) is 48.7. The van der Waals surface area contributed by atoms with E-state index in [1.165, 1.54) is 4.90 Å². The van der Waals surface area contributed by atoms with Crippen LogP contribution in [0.4, 0.5) is 9.59 Å². The van der Waals surface area contributed by atoms with Gasteiger partial charge in [-0.05, 0) is 107 Å². The van der Waals surface area contributed by atoms with Crippen molar-refractivity contribution in [2.24, 2.45) is 40.7 Å². The van der Waals surface area contributed by atoms with Crippen molar-refractivity contribution in [2.45, 2.75) is 92.2 Å². The van der Waals surface area contributed by atoms with Crippen LogP contribution in [0.1, 0.15) is 79.2 Å². The van der Waals surface area contributed by atoms with Crippen molar-refractivity contribution in [2.75, 3.05) is 88.3 Å². The molecule has 0 radical (unpaired) electrons. The number of likely N-dealkylation sites (tertiary alicyclic amines) is 1. The average molecular weight is 822 g/mol. The van der Waals surface area contributed by atoms with E-state index < -0.39 is 48.4 Å². The van der Waals surface area contributed by atoms with Gasteiger partial charge in [0, 0.05) is 20.1 Å². The van der Waals surface area contributed by atoms with Gasteiger partial charge >= 0.3 is 18.2 Å². The topological polar surface area (TPSA) is 165 Å². The summed E-state index contributed by atoms with van der Waals surface area (Å²) in [6.45, 7) is 14.5. The zero-order valence-corrected chi connectivity index (χ0v) is 37.1. The van der Waals surface area contributed by atoms with Gasteiger partial charge in [-0.3, -0.25) is 14.2 Å². The number of primary amides is 1. The van der Waals surface area contributed by atoms with Gasteiger partial charge in [-0.15, -0.1) is 0 Å². The summed E-state index contributed by atoms with van der Waals surface area (Å²) in [6, 6.07) is 5.46. The molecule has 2 saturated heterocycles. The normalized spacial score (nSPS) is 19.2. The van der Waals surface area contributed by atoms with Crippen LogP contribution in [0.25, 0.3) is 0 Å². The summed E-state index contributed by atoms with van der Waals surface area (Å²) in [4.78, 5) is 56.5. The molecule has 0 bridgehead atoms. The Balaban J connectivity index is 1.83. The molecule has 0 saturated carbocycles. The fourth-order valence-corrected chi connectivity index (χ4v) is 7.99. The van der Waals surface area contributed by atoms with Crippen molar-refractivity contribution in [3.05, 3.63) is 23.8 Å². The Labute approximate surface area is 346 Å². The number of quaternary nitrogens is 1. The van der Waals surface area contributed by atoms with Crippen LogP contribution in [0.15, 0.2) is 18.2 Å². The fourth-order valence-electron chi connectivity index (χ4n) is 7.99. The van der Waals surface area contributed by atoms with Crippen molar-refractivity contribution < 1.29 is 56.8 Å². The number of nitrogens with zero attached hydrogens (tertiary/aromatic N) is 3. The Bertz CT molecular complexity index is 1480. The third-order valence-electron chi connectivity index (χ3n) is 11.8. The van der Waals surface area contributed by atoms with E-state index in [9.17, 15) is 19.2 Å². The lowest BCUT2D eigenvalue weighted by Crippen LogP contribution is -2.57. The number of hydrogen-bond acceptors (Lipinski definition) is 12. The van der Waals surface area contributed by atoms with Gasteiger partial charge < -0.3 is 43.8 Å². The first-order valence-electron chi connectivity index (χ1n) is 20.8. The number of carbonyl (C=O) groups excluding carboxylic acids is 4. The maximum absolute atomic E-state index is 14.3. The zero-order valence-electron chi connectivity index (χ0n) is 37.1. The molecule has 0 aromatic heterocycles. The molecule has 4 atom stereocenters.